The first-order valence-electron chi connectivity index (χ1n) is 11.7. The minimum Gasteiger partial charge on any atom is -0.455 e. The number of benzene rings is 3. The molecule has 2 amide bonds. The highest BCUT2D eigenvalue weighted by atomic mass is 35.5. The minimum absolute atomic E-state index is 0.163. The van der Waals surface area contributed by atoms with E-state index in [1.807, 2.05) is 24.3 Å². The lowest BCUT2D eigenvalue weighted by Gasteiger charge is -2.45. The van der Waals surface area contributed by atoms with Crippen molar-refractivity contribution in [2.24, 2.45) is 16.9 Å². The van der Waals surface area contributed by atoms with Gasteiger partial charge in [0.2, 0.25) is 0 Å². The van der Waals surface area contributed by atoms with Crippen LogP contribution in [0.4, 0.5) is 0 Å². The summed E-state index contributed by atoms with van der Waals surface area (Å²) in [4.78, 5) is 27.2. The third-order valence-electron chi connectivity index (χ3n) is 7.55. The van der Waals surface area contributed by atoms with Gasteiger partial charge < -0.3 is 4.42 Å². The van der Waals surface area contributed by atoms with Crippen LogP contribution in [0, 0.1) is 11.8 Å². The number of hydrogen-bond donors (Lipinski definition) is 0. The van der Waals surface area contributed by atoms with Gasteiger partial charge in [0.15, 0.2) is 0 Å². The van der Waals surface area contributed by atoms with Crippen LogP contribution in [0.2, 0.25) is 10.0 Å². The van der Waals surface area contributed by atoms with E-state index in [-0.39, 0.29) is 23.7 Å². The topological polar surface area (TPSA) is 62.9 Å². The van der Waals surface area contributed by atoms with Crippen LogP contribution in [0.5, 0.6) is 0 Å². The lowest BCUT2D eigenvalue weighted by Crippen LogP contribution is -2.41. The Balaban J connectivity index is 1.24. The van der Waals surface area contributed by atoms with Gasteiger partial charge in [0.05, 0.1) is 23.1 Å². The number of rotatable bonds is 3. The standard InChI is InChI=1S/C29H18Cl2N2O3/c30-15-9-11-22(31)21(13-15)23-12-10-16(36-23)14-32-33-28(34)26-24-17-5-1-2-6-18(17)25(27(26)29(33)35)20-8-4-3-7-19(20)24/h1-14,24-27H/b32-14+. The Morgan fingerprint density at radius 2 is 1.31 bits per heavy atom. The average Bonchev–Trinajstić information content (AvgIpc) is 3.47. The van der Waals surface area contributed by atoms with Gasteiger partial charge >= 0.3 is 0 Å². The monoisotopic (exact) mass is 512 g/mol. The lowest BCUT2D eigenvalue weighted by atomic mass is 9.55. The Hall–Kier alpha value is -3.67. The Bertz CT molecular complexity index is 1490. The third kappa shape index (κ3) is 3.00. The van der Waals surface area contributed by atoms with Gasteiger partial charge in [0.25, 0.3) is 11.8 Å². The minimum atomic E-state index is -0.470. The second-order valence-corrected chi connectivity index (χ2v) is 10.2. The van der Waals surface area contributed by atoms with E-state index in [1.54, 1.807) is 30.3 Å². The number of nitrogens with zero attached hydrogens (tertiary/aromatic N) is 2. The van der Waals surface area contributed by atoms with Gasteiger partial charge in [-0.3, -0.25) is 9.59 Å². The molecule has 1 saturated heterocycles. The summed E-state index contributed by atoms with van der Waals surface area (Å²) in [5.41, 5.74) is 5.16. The molecule has 3 aromatic carbocycles. The molecule has 4 aromatic rings. The summed E-state index contributed by atoms with van der Waals surface area (Å²) in [5, 5.41) is 6.37. The molecule has 0 spiro atoms. The third-order valence-corrected chi connectivity index (χ3v) is 8.11. The number of furan rings is 1. The van der Waals surface area contributed by atoms with Crippen LogP contribution in [0.3, 0.4) is 0 Å². The first-order valence-corrected chi connectivity index (χ1v) is 12.4. The van der Waals surface area contributed by atoms with Crippen molar-refractivity contribution in [2.75, 3.05) is 0 Å². The molecule has 2 heterocycles. The van der Waals surface area contributed by atoms with Crippen molar-refractivity contribution in [3.05, 3.63) is 117 Å². The molecule has 2 unspecified atom stereocenters. The number of hydrazone groups is 1. The van der Waals surface area contributed by atoms with Crippen molar-refractivity contribution in [1.82, 2.24) is 5.01 Å². The van der Waals surface area contributed by atoms with E-state index in [0.29, 0.717) is 27.1 Å². The van der Waals surface area contributed by atoms with E-state index in [2.05, 4.69) is 29.4 Å². The van der Waals surface area contributed by atoms with Crippen LogP contribution in [0.1, 0.15) is 39.8 Å². The number of imide groups is 1. The van der Waals surface area contributed by atoms with Crippen LogP contribution in [0.15, 0.2) is 88.4 Å². The van der Waals surface area contributed by atoms with Crippen molar-refractivity contribution in [3.8, 4) is 11.3 Å². The van der Waals surface area contributed by atoms with Crippen LogP contribution in [0.25, 0.3) is 11.3 Å². The molecule has 1 fully saturated rings. The summed E-state index contributed by atoms with van der Waals surface area (Å²) < 4.78 is 5.87. The molecular formula is C29H18Cl2N2O3. The molecule has 4 aliphatic rings. The normalized spacial score (nSPS) is 23.8. The second-order valence-electron chi connectivity index (χ2n) is 9.32. The summed E-state index contributed by atoms with van der Waals surface area (Å²) in [6.45, 7) is 0. The van der Waals surface area contributed by atoms with Crippen LogP contribution in [-0.2, 0) is 9.59 Å². The summed E-state index contributed by atoms with van der Waals surface area (Å²) in [6.07, 6.45) is 1.40. The maximum atomic E-state index is 13.6. The van der Waals surface area contributed by atoms with Gasteiger partial charge in [-0.25, -0.2) is 0 Å². The average molecular weight is 513 g/mol. The maximum absolute atomic E-state index is 13.6. The van der Waals surface area contributed by atoms with Gasteiger partial charge in [-0.2, -0.15) is 10.1 Å². The molecule has 8 rings (SSSR count). The van der Waals surface area contributed by atoms with Gasteiger partial charge in [-0.1, -0.05) is 71.7 Å². The van der Waals surface area contributed by atoms with Crippen molar-refractivity contribution in [2.45, 2.75) is 11.8 Å². The number of hydrogen-bond acceptors (Lipinski definition) is 4. The summed E-state index contributed by atoms with van der Waals surface area (Å²) in [5.74, 6) is -0.904. The zero-order chi connectivity index (χ0) is 24.6. The maximum Gasteiger partial charge on any atom is 0.254 e. The SMILES string of the molecule is O=C1C2C3c4ccccc4C(c4ccccc43)C2C(=O)N1/N=C/c1ccc(-c2cc(Cl)ccc2Cl)o1. The second kappa shape index (κ2) is 7.92. The zero-order valence-electron chi connectivity index (χ0n) is 18.8. The Morgan fingerprint density at radius 1 is 0.750 bits per heavy atom. The molecule has 0 saturated carbocycles. The molecule has 1 aromatic heterocycles. The molecule has 176 valence electrons. The Labute approximate surface area is 216 Å². The fraction of sp³-hybridized carbons (Fsp3) is 0.138. The quantitative estimate of drug-likeness (QED) is 0.233. The molecule has 36 heavy (non-hydrogen) atoms. The molecule has 7 heteroatoms. The predicted octanol–water partition coefficient (Wildman–Crippen LogP) is 6.48. The van der Waals surface area contributed by atoms with Crippen LogP contribution >= 0.6 is 23.2 Å². The molecule has 0 N–H and O–H groups in total. The van der Waals surface area contributed by atoms with Gasteiger partial charge in [0.1, 0.15) is 11.5 Å². The fourth-order valence-electron chi connectivity index (χ4n) is 6.14. The van der Waals surface area contributed by atoms with Gasteiger partial charge in [0, 0.05) is 22.4 Å². The van der Waals surface area contributed by atoms with Crippen LogP contribution in [-0.4, -0.2) is 23.0 Å². The van der Waals surface area contributed by atoms with Crippen molar-refractivity contribution < 1.29 is 14.0 Å². The molecule has 1 aliphatic heterocycles. The Kier molecular flexibility index (Phi) is 4.75. The Morgan fingerprint density at radius 3 is 1.86 bits per heavy atom. The predicted molar refractivity (Wildman–Crippen MR) is 137 cm³/mol. The van der Waals surface area contributed by atoms with E-state index in [1.165, 1.54) is 6.21 Å². The largest absolute Gasteiger partial charge is 0.455 e. The zero-order valence-corrected chi connectivity index (χ0v) is 20.3. The van der Waals surface area contributed by atoms with E-state index >= 15 is 0 Å². The highest BCUT2D eigenvalue weighted by molar-refractivity contribution is 6.35. The number of carbonyl (C=O) groups is 2. The van der Waals surface area contributed by atoms with Gasteiger partial charge in [-0.15, -0.1) is 0 Å². The smallest absolute Gasteiger partial charge is 0.254 e. The summed E-state index contributed by atoms with van der Waals surface area (Å²) in [6, 6.07) is 24.9. The molecule has 0 radical (unpaired) electrons. The fourth-order valence-corrected chi connectivity index (χ4v) is 6.53. The summed E-state index contributed by atoms with van der Waals surface area (Å²) in [7, 11) is 0. The van der Waals surface area contributed by atoms with E-state index in [0.717, 1.165) is 27.3 Å². The first-order chi connectivity index (χ1) is 17.5. The molecular weight excluding hydrogens is 495 g/mol. The molecule has 3 aliphatic carbocycles. The van der Waals surface area contributed by atoms with E-state index < -0.39 is 11.8 Å². The van der Waals surface area contributed by atoms with Gasteiger partial charge in [-0.05, 0) is 52.6 Å². The molecule has 5 nitrogen and oxygen atoms in total. The van der Waals surface area contributed by atoms with E-state index in [4.69, 9.17) is 27.6 Å². The first kappa shape index (κ1) is 21.6. The number of amides is 2. The molecule has 2 bridgehead atoms. The van der Waals surface area contributed by atoms with Crippen LogP contribution < -0.4 is 0 Å². The summed E-state index contributed by atoms with van der Waals surface area (Å²) >= 11 is 12.4. The van der Waals surface area contributed by atoms with Crippen molar-refractivity contribution in [3.63, 3.8) is 0 Å². The number of halogens is 2. The van der Waals surface area contributed by atoms with Crippen molar-refractivity contribution in [1.29, 1.82) is 0 Å². The molecule has 2 atom stereocenters. The van der Waals surface area contributed by atoms with E-state index in [9.17, 15) is 9.59 Å². The highest BCUT2D eigenvalue weighted by Crippen LogP contribution is 2.60. The number of carbonyl (C=O) groups excluding carboxylic acids is 2. The van der Waals surface area contributed by atoms with Crippen molar-refractivity contribution >= 4 is 41.2 Å². The lowest BCUT2D eigenvalue weighted by molar-refractivity contribution is -0.139. The highest BCUT2D eigenvalue weighted by Gasteiger charge is 2.61.